The van der Waals surface area contributed by atoms with E-state index in [1.54, 1.807) is 10.9 Å². The minimum Gasteiger partial charge on any atom is -0.476 e. The highest BCUT2D eigenvalue weighted by molar-refractivity contribution is 5.93. The Morgan fingerprint density at radius 3 is 2.71 bits per heavy atom. The molecule has 12 heteroatoms. The number of ether oxygens (including phenoxy) is 3. The van der Waals surface area contributed by atoms with Gasteiger partial charge in [-0.2, -0.15) is 15.5 Å². The summed E-state index contributed by atoms with van der Waals surface area (Å²) >= 11 is 0. The van der Waals surface area contributed by atoms with Crippen LogP contribution in [0.15, 0.2) is 24.4 Å². The third-order valence-corrected chi connectivity index (χ3v) is 8.32. The highest BCUT2D eigenvalue weighted by atomic mass is 16.5. The molecule has 0 saturated carbocycles. The van der Waals surface area contributed by atoms with Gasteiger partial charge in [0.05, 0.1) is 59.6 Å². The van der Waals surface area contributed by atoms with Crippen molar-refractivity contribution in [3.63, 3.8) is 0 Å². The summed E-state index contributed by atoms with van der Waals surface area (Å²) in [5.74, 6) is 1.09. The van der Waals surface area contributed by atoms with Crippen LogP contribution in [0.2, 0.25) is 0 Å². The summed E-state index contributed by atoms with van der Waals surface area (Å²) in [6.45, 7) is 10.9. The predicted octanol–water partition coefficient (Wildman–Crippen LogP) is 4.87. The maximum Gasteiger partial charge on any atom is 0.240 e. The van der Waals surface area contributed by atoms with E-state index in [1.165, 1.54) is 0 Å². The lowest BCUT2D eigenvalue weighted by atomic mass is 10.0. The van der Waals surface area contributed by atoms with E-state index < -0.39 is 0 Å². The molecule has 5 heterocycles. The molecule has 2 aliphatic heterocycles. The minimum atomic E-state index is -0.139. The van der Waals surface area contributed by atoms with Crippen molar-refractivity contribution in [3.05, 3.63) is 41.3 Å². The van der Waals surface area contributed by atoms with Gasteiger partial charge in [0.1, 0.15) is 13.2 Å². The van der Waals surface area contributed by atoms with Gasteiger partial charge in [-0.05, 0) is 76.8 Å². The molecule has 0 radical (unpaired) electrons. The Balaban J connectivity index is 1.56. The summed E-state index contributed by atoms with van der Waals surface area (Å²) < 4.78 is 24.3. The number of fused-ring (bicyclic) bond motifs is 4. The number of aromatic nitrogens is 6. The third kappa shape index (κ3) is 6.33. The van der Waals surface area contributed by atoms with Crippen LogP contribution in [0.3, 0.4) is 0 Å². The van der Waals surface area contributed by atoms with Gasteiger partial charge in [-0.15, -0.1) is 5.10 Å². The van der Waals surface area contributed by atoms with Gasteiger partial charge in [-0.1, -0.05) is 6.07 Å². The molecule has 238 valence electrons. The van der Waals surface area contributed by atoms with E-state index in [1.807, 2.05) is 35.4 Å². The van der Waals surface area contributed by atoms with Crippen LogP contribution in [0, 0.1) is 11.3 Å². The molecule has 12 nitrogen and oxygen atoms in total. The van der Waals surface area contributed by atoms with Crippen LogP contribution in [-0.4, -0.2) is 77.9 Å². The monoisotopic (exact) mass is 614 g/mol. The Morgan fingerprint density at radius 1 is 1.11 bits per heavy atom. The van der Waals surface area contributed by atoms with Crippen LogP contribution in [0.4, 0.5) is 0 Å². The van der Waals surface area contributed by atoms with Crippen LogP contribution >= 0.6 is 0 Å². The Bertz CT molecular complexity index is 1700. The van der Waals surface area contributed by atoms with Crippen LogP contribution in [0.1, 0.15) is 70.1 Å². The number of rotatable bonds is 7. The zero-order valence-corrected chi connectivity index (χ0v) is 26.5. The number of aliphatic hydroxyl groups is 1. The van der Waals surface area contributed by atoms with Crippen LogP contribution in [-0.2, 0) is 24.4 Å². The van der Waals surface area contributed by atoms with E-state index >= 15 is 0 Å². The van der Waals surface area contributed by atoms with E-state index in [4.69, 9.17) is 24.4 Å². The molecule has 45 heavy (non-hydrogen) atoms. The average Bonchev–Trinajstić information content (AvgIpc) is 3.69. The van der Waals surface area contributed by atoms with Crippen molar-refractivity contribution in [3.8, 4) is 29.0 Å². The molecule has 0 amide bonds. The van der Waals surface area contributed by atoms with Gasteiger partial charge < -0.3 is 19.3 Å². The quantitative estimate of drug-likeness (QED) is 0.310. The summed E-state index contributed by atoms with van der Waals surface area (Å²) in [6.07, 6.45) is 8.65. The predicted molar refractivity (Wildman–Crippen MR) is 170 cm³/mol. The second-order valence-electron chi connectivity index (χ2n) is 12.1. The minimum absolute atomic E-state index is 0.0470. The van der Waals surface area contributed by atoms with Crippen molar-refractivity contribution in [1.82, 2.24) is 34.2 Å². The maximum atomic E-state index is 9.93. The molecule has 3 aromatic heterocycles. The van der Waals surface area contributed by atoms with Gasteiger partial charge in [0, 0.05) is 31.1 Å². The summed E-state index contributed by atoms with van der Waals surface area (Å²) in [6, 6.07) is 8.64. The lowest BCUT2D eigenvalue weighted by Crippen LogP contribution is -2.35. The molecular weight excluding hydrogens is 572 g/mol. The zero-order valence-electron chi connectivity index (χ0n) is 26.5. The maximum absolute atomic E-state index is 9.93. The van der Waals surface area contributed by atoms with Crippen molar-refractivity contribution in [1.29, 1.82) is 5.26 Å². The number of nitrogens with zero attached hydrogens (tertiary/aromatic N) is 8. The van der Waals surface area contributed by atoms with Gasteiger partial charge >= 0.3 is 0 Å². The van der Waals surface area contributed by atoms with Crippen molar-refractivity contribution in [2.24, 2.45) is 0 Å². The Labute approximate surface area is 263 Å². The standard InChI is InChI=1S/C33H42N8O4/c1-22(2)38-15-18-44-33-27(20-35-40(33)13-12-34)24-8-11-29-26(19-24)28(36-41(29)31-7-5-6-17-43-31)10-9-25-30(21-38)39(14-16-42)37-32(25)45-23(3)4/h8-11,19-20,22-23,31,42H,5-7,13-18,21H2,1-4H3/b10-9-. The van der Waals surface area contributed by atoms with E-state index in [0.29, 0.717) is 44.6 Å². The van der Waals surface area contributed by atoms with Crippen molar-refractivity contribution in [2.45, 2.75) is 85.0 Å². The molecule has 1 unspecified atom stereocenters. The SMILES string of the molecule is CC(C)Oc1nn(CCO)c2c1/C=C\c1nn(C3CCCCO3)c3ccc(cc13)-c1cnn(CC#N)c1OCCN(C(C)C)C2. The second kappa shape index (κ2) is 13.4. The first kappa shape index (κ1) is 30.8. The highest BCUT2D eigenvalue weighted by Crippen LogP contribution is 2.36. The molecule has 2 bridgehead atoms. The van der Waals surface area contributed by atoms with Crippen molar-refractivity contribution in [2.75, 3.05) is 26.4 Å². The number of benzene rings is 1. The summed E-state index contributed by atoms with van der Waals surface area (Å²) in [5, 5.41) is 34.8. The number of hydrogen-bond donors (Lipinski definition) is 1. The van der Waals surface area contributed by atoms with Gasteiger partial charge in [0.15, 0.2) is 6.23 Å². The zero-order chi connectivity index (χ0) is 31.5. The summed E-state index contributed by atoms with van der Waals surface area (Å²) in [5.41, 5.74) is 5.32. The molecule has 0 aliphatic carbocycles. The number of aliphatic hydroxyl groups excluding tert-OH is 1. The van der Waals surface area contributed by atoms with E-state index in [2.05, 4.69) is 48.1 Å². The smallest absolute Gasteiger partial charge is 0.240 e. The van der Waals surface area contributed by atoms with Crippen LogP contribution in [0.5, 0.6) is 11.8 Å². The molecule has 0 spiro atoms. The fraction of sp³-hybridized carbons (Fsp3) is 0.515. The number of nitriles is 1. The topological polar surface area (TPSA) is 128 Å². The van der Waals surface area contributed by atoms with Gasteiger partial charge in [0.2, 0.25) is 11.8 Å². The van der Waals surface area contributed by atoms with Crippen molar-refractivity contribution >= 4 is 23.1 Å². The Morgan fingerprint density at radius 2 is 1.98 bits per heavy atom. The first-order valence-electron chi connectivity index (χ1n) is 15.9. The lowest BCUT2D eigenvalue weighted by Gasteiger charge is -2.27. The first-order valence-corrected chi connectivity index (χ1v) is 15.9. The summed E-state index contributed by atoms with van der Waals surface area (Å²) in [7, 11) is 0. The fourth-order valence-corrected chi connectivity index (χ4v) is 6.04. The molecule has 6 rings (SSSR count). The highest BCUT2D eigenvalue weighted by Gasteiger charge is 2.25. The second-order valence-corrected chi connectivity index (χ2v) is 12.1. The van der Waals surface area contributed by atoms with Gasteiger partial charge in [0.25, 0.3) is 0 Å². The molecule has 2 aliphatic rings. The average molecular weight is 615 g/mol. The lowest BCUT2D eigenvalue weighted by molar-refractivity contribution is -0.0367. The van der Waals surface area contributed by atoms with E-state index in [-0.39, 0.29) is 31.5 Å². The van der Waals surface area contributed by atoms with Gasteiger partial charge in [-0.3, -0.25) is 9.58 Å². The molecule has 1 atom stereocenters. The molecule has 1 aromatic carbocycles. The molecule has 1 N–H and O–H groups in total. The molecule has 4 aromatic rings. The van der Waals surface area contributed by atoms with Crippen molar-refractivity contribution < 1.29 is 19.3 Å². The first-order chi connectivity index (χ1) is 21.9. The molecule has 1 saturated heterocycles. The van der Waals surface area contributed by atoms with Crippen LogP contribution < -0.4 is 9.47 Å². The largest absolute Gasteiger partial charge is 0.476 e. The Hall–Kier alpha value is -4.18. The fourth-order valence-electron chi connectivity index (χ4n) is 6.04. The third-order valence-electron chi connectivity index (χ3n) is 8.32. The number of hydrogen-bond acceptors (Lipinski definition) is 9. The van der Waals surface area contributed by atoms with E-state index in [0.717, 1.165) is 58.2 Å². The van der Waals surface area contributed by atoms with Gasteiger partial charge in [-0.25, -0.2) is 9.36 Å². The molecule has 1 fully saturated rings. The van der Waals surface area contributed by atoms with Crippen LogP contribution in [0.25, 0.3) is 34.2 Å². The molecular formula is C33H42N8O4. The summed E-state index contributed by atoms with van der Waals surface area (Å²) in [4.78, 5) is 2.30. The normalized spacial score (nSPS) is 18.3. The van der Waals surface area contributed by atoms with E-state index in [9.17, 15) is 10.4 Å². The Kier molecular flexibility index (Phi) is 9.21.